The first-order chi connectivity index (χ1) is 14.5. The van der Waals surface area contributed by atoms with E-state index in [4.69, 9.17) is 5.26 Å². The van der Waals surface area contributed by atoms with E-state index in [9.17, 15) is 23.1 Å². The predicted molar refractivity (Wildman–Crippen MR) is 116 cm³/mol. The number of hydrogen-bond acceptors (Lipinski definition) is 5. The highest BCUT2D eigenvalue weighted by molar-refractivity contribution is 7.89. The summed E-state index contributed by atoms with van der Waals surface area (Å²) in [6.45, 7) is 7.31. The zero-order valence-corrected chi connectivity index (χ0v) is 18.6. The standard InChI is InChI=1S/C22H25N3O5S/c1-5-15(4)25(14(2)3)31(29,30)18-8-6-7-17(12-18)21(26)24-20-10-9-16(13-23)11-19(20)22(27)28/h6-12,14-15H,5H2,1-4H3,(H,24,26)(H,27,28). The summed E-state index contributed by atoms with van der Waals surface area (Å²) < 4.78 is 27.8. The molecule has 2 aromatic rings. The van der Waals surface area contributed by atoms with E-state index < -0.39 is 21.9 Å². The molecular weight excluding hydrogens is 418 g/mol. The smallest absolute Gasteiger partial charge is 0.337 e. The fourth-order valence-corrected chi connectivity index (χ4v) is 5.16. The van der Waals surface area contributed by atoms with Gasteiger partial charge in [0.05, 0.1) is 27.8 Å². The SMILES string of the molecule is CCC(C)N(C(C)C)S(=O)(=O)c1cccc(C(=O)Nc2ccc(C#N)cc2C(=O)O)c1. The van der Waals surface area contributed by atoms with Gasteiger partial charge in [0.15, 0.2) is 0 Å². The molecule has 164 valence electrons. The van der Waals surface area contributed by atoms with Gasteiger partial charge < -0.3 is 10.4 Å². The number of nitrogens with one attached hydrogen (secondary N) is 1. The average Bonchev–Trinajstić information content (AvgIpc) is 2.73. The number of aromatic carboxylic acids is 1. The largest absolute Gasteiger partial charge is 0.478 e. The third-order valence-corrected chi connectivity index (χ3v) is 7.02. The monoisotopic (exact) mass is 443 g/mol. The summed E-state index contributed by atoms with van der Waals surface area (Å²) in [6.07, 6.45) is 0.633. The fraction of sp³-hybridized carbons (Fsp3) is 0.318. The number of sulfonamides is 1. The molecular formula is C22H25N3O5S. The summed E-state index contributed by atoms with van der Waals surface area (Å²) in [5, 5.41) is 20.8. The first-order valence-corrected chi connectivity index (χ1v) is 11.2. The highest BCUT2D eigenvalue weighted by atomic mass is 32.2. The molecule has 31 heavy (non-hydrogen) atoms. The molecule has 0 saturated carbocycles. The second-order valence-corrected chi connectivity index (χ2v) is 9.19. The van der Waals surface area contributed by atoms with Crippen LogP contribution in [-0.4, -0.2) is 41.8 Å². The Bertz CT molecular complexity index is 1140. The van der Waals surface area contributed by atoms with Gasteiger partial charge in [-0.1, -0.05) is 13.0 Å². The van der Waals surface area contributed by atoms with Gasteiger partial charge in [0.25, 0.3) is 5.91 Å². The number of hydrogen-bond donors (Lipinski definition) is 2. The Morgan fingerprint density at radius 3 is 2.39 bits per heavy atom. The Hall–Kier alpha value is -3.22. The summed E-state index contributed by atoms with van der Waals surface area (Å²) >= 11 is 0. The predicted octanol–water partition coefficient (Wildman–Crippen LogP) is 3.71. The molecule has 2 N–H and O–H groups in total. The summed E-state index contributed by atoms with van der Waals surface area (Å²) in [5.74, 6) is -1.96. The topological polar surface area (TPSA) is 128 Å². The van der Waals surface area contributed by atoms with Crippen molar-refractivity contribution in [1.29, 1.82) is 5.26 Å². The molecule has 1 amide bonds. The number of benzene rings is 2. The van der Waals surface area contributed by atoms with Crippen molar-refractivity contribution in [2.45, 2.75) is 51.1 Å². The van der Waals surface area contributed by atoms with Crippen molar-refractivity contribution in [2.24, 2.45) is 0 Å². The minimum atomic E-state index is -3.85. The highest BCUT2D eigenvalue weighted by Crippen LogP contribution is 2.24. The molecule has 0 spiro atoms. The van der Waals surface area contributed by atoms with E-state index in [-0.39, 0.29) is 39.4 Å². The number of carbonyl (C=O) groups excluding carboxylic acids is 1. The maximum Gasteiger partial charge on any atom is 0.337 e. The molecule has 0 aromatic heterocycles. The maximum absolute atomic E-state index is 13.2. The van der Waals surface area contributed by atoms with Crippen LogP contribution in [0, 0.1) is 11.3 Å². The minimum absolute atomic E-state index is 0.00757. The summed E-state index contributed by atoms with van der Waals surface area (Å²) in [5.41, 5.74) is -0.0240. The summed E-state index contributed by atoms with van der Waals surface area (Å²) in [6, 6.07) is 10.8. The first-order valence-electron chi connectivity index (χ1n) is 9.75. The van der Waals surface area contributed by atoms with Crippen LogP contribution in [0.25, 0.3) is 0 Å². The number of carboxylic acids is 1. The van der Waals surface area contributed by atoms with Crippen LogP contribution in [0.3, 0.4) is 0 Å². The molecule has 0 heterocycles. The van der Waals surface area contributed by atoms with Gasteiger partial charge in [-0.25, -0.2) is 13.2 Å². The number of rotatable bonds is 8. The van der Waals surface area contributed by atoms with E-state index in [1.807, 2.05) is 19.9 Å². The summed E-state index contributed by atoms with van der Waals surface area (Å²) in [4.78, 5) is 24.2. The van der Waals surface area contributed by atoms with Gasteiger partial charge in [0, 0.05) is 17.6 Å². The number of amides is 1. The Morgan fingerprint density at radius 1 is 1.16 bits per heavy atom. The zero-order valence-electron chi connectivity index (χ0n) is 17.8. The van der Waals surface area contributed by atoms with Crippen molar-refractivity contribution in [3.05, 3.63) is 59.2 Å². The molecule has 0 bridgehead atoms. The molecule has 1 atom stereocenters. The van der Waals surface area contributed by atoms with Crippen molar-refractivity contribution in [3.8, 4) is 6.07 Å². The quantitative estimate of drug-likeness (QED) is 0.640. The van der Waals surface area contributed by atoms with Crippen LogP contribution in [0.2, 0.25) is 0 Å². The van der Waals surface area contributed by atoms with Gasteiger partial charge in [-0.15, -0.1) is 0 Å². The van der Waals surface area contributed by atoms with E-state index in [2.05, 4.69) is 5.32 Å². The Labute approximate surface area is 182 Å². The van der Waals surface area contributed by atoms with Gasteiger partial charge >= 0.3 is 5.97 Å². The molecule has 0 radical (unpaired) electrons. The van der Waals surface area contributed by atoms with Crippen LogP contribution in [0.1, 0.15) is 60.4 Å². The molecule has 0 aliphatic heterocycles. The van der Waals surface area contributed by atoms with Crippen molar-refractivity contribution in [1.82, 2.24) is 4.31 Å². The zero-order chi connectivity index (χ0) is 23.3. The Morgan fingerprint density at radius 2 is 1.84 bits per heavy atom. The molecule has 9 heteroatoms. The molecule has 2 rings (SSSR count). The molecule has 0 aliphatic carbocycles. The lowest BCUT2D eigenvalue weighted by Crippen LogP contribution is -2.43. The molecule has 0 fully saturated rings. The normalized spacial score (nSPS) is 12.4. The number of anilines is 1. The van der Waals surface area contributed by atoms with Crippen molar-refractivity contribution in [3.63, 3.8) is 0 Å². The van der Waals surface area contributed by atoms with Gasteiger partial charge in [0.2, 0.25) is 10.0 Å². The lowest BCUT2D eigenvalue weighted by atomic mass is 10.1. The van der Waals surface area contributed by atoms with Crippen LogP contribution in [-0.2, 0) is 10.0 Å². The van der Waals surface area contributed by atoms with Crippen molar-refractivity contribution < 1.29 is 23.1 Å². The lowest BCUT2D eigenvalue weighted by molar-refractivity contribution is 0.0698. The van der Waals surface area contributed by atoms with E-state index in [1.54, 1.807) is 13.8 Å². The van der Waals surface area contributed by atoms with Crippen LogP contribution >= 0.6 is 0 Å². The first kappa shape index (κ1) is 24.1. The lowest BCUT2D eigenvalue weighted by Gasteiger charge is -2.31. The van der Waals surface area contributed by atoms with Crippen LogP contribution in [0.4, 0.5) is 5.69 Å². The minimum Gasteiger partial charge on any atom is -0.478 e. The van der Waals surface area contributed by atoms with Gasteiger partial charge in [0.1, 0.15) is 0 Å². The third kappa shape index (κ3) is 5.29. The molecule has 0 aliphatic rings. The Balaban J connectivity index is 2.41. The van der Waals surface area contributed by atoms with E-state index >= 15 is 0 Å². The van der Waals surface area contributed by atoms with Gasteiger partial charge in [-0.3, -0.25) is 4.79 Å². The number of nitrogens with zero attached hydrogens (tertiary/aromatic N) is 2. The van der Waals surface area contributed by atoms with Crippen LogP contribution in [0.15, 0.2) is 47.4 Å². The van der Waals surface area contributed by atoms with E-state index in [0.717, 1.165) is 6.07 Å². The van der Waals surface area contributed by atoms with Crippen molar-refractivity contribution in [2.75, 3.05) is 5.32 Å². The number of nitriles is 1. The third-order valence-electron chi connectivity index (χ3n) is 4.83. The average molecular weight is 444 g/mol. The fourth-order valence-electron chi connectivity index (χ4n) is 3.22. The van der Waals surface area contributed by atoms with E-state index in [0.29, 0.717) is 6.42 Å². The second-order valence-electron chi connectivity index (χ2n) is 7.35. The van der Waals surface area contributed by atoms with Crippen molar-refractivity contribution >= 4 is 27.6 Å². The summed E-state index contributed by atoms with van der Waals surface area (Å²) in [7, 11) is -3.85. The van der Waals surface area contributed by atoms with Gasteiger partial charge in [-0.05, 0) is 63.6 Å². The number of carbonyl (C=O) groups is 2. The second kappa shape index (κ2) is 9.73. The van der Waals surface area contributed by atoms with Crippen LogP contribution < -0.4 is 5.32 Å². The van der Waals surface area contributed by atoms with Gasteiger partial charge in [-0.2, -0.15) is 9.57 Å². The molecule has 2 aromatic carbocycles. The molecule has 0 saturated heterocycles. The molecule has 1 unspecified atom stereocenters. The highest BCUT2D eigenvalue weighted by Gasteiger charge is 2.31. The van der Waals surface area contributed by atoms with Crippen LogP contribution in [0.5, 0.6) is 0 Å². The maximum atomic E-state index is 13.2. The molecule has 8 nitrogen and oxygen atoms in total. The van der Waals surface area contributed by atoms with E-state index in [1.165, 1.54) is 40.7 Å². The number of carboxylic acid groups (broad SMARTS) is 1. The Kier molecular flexibility index (Phi) is 7.55.